The predicted molar refractivity (Wildman–Crippen MR) is 76.7 cm³/mol. The van der Waals surface area contributed by atoms with Crippen molar-refractivity contribution in [3.63, 3.8) is 0 Å². The molecule has 0 aliphatic heterocycles. The van der Waals surface area contributed by atoms with Gasteiger partial charge in [-0.1, -0.05) is 50.1 Å². The van der Waals surface area contributed by atoms with E-state index >= 15 is 0 Å². The first kappa shape index (κ1) is 15.1. The molecule has 3 heteroatoms. The summed E-state index contributed by atoms with van der Waals surface area (Å²) in [4.78, 5) is 0.732. The maximum Gasteiger partial charge on any atom is 0.189 e. The van der Waals surface area contributed by atoms with Crippen LogP contribution in [0.25, 0.3) is 0 Å². The van der Waals surface area contributed by atoms with E-state index in [1.165, 1.54) is 12.8 Å². The van der Waals surface area contributed by atoms with Crippen LogP contribution in [0.3, 0.4) is 0 Å². The molecule has 1 atom stereocenters. The Morgan fingerprint density at radius 1 is 1.11 bits per heavy atom. The maximum absolute atomic E-state index is 11.7. The molecule has 100 valence electrons. The molecule has 0 aromatic heterocycles. The Labute approximate surface area is 113 Å². The first-order valence-electron chi connectivity index (χ1n) is 6.59. The fourth-order valence-corrected chi connectivity index (χ4v) is 2.28. The van der Waals surface area contributed by atoms with Gasteiger partial charge in [-0.25, -0.2) is 4.21 Å². The SMILES string of the molecule is CCCC/C=C\CCCOS(=O)c1ccccc1. The van der Waals surface area contributed by atoms with Crippen molar-refractivity contribution in [2.24, 2.45) is 0 Å². The van der Waals surface area contributed by atoms with Crippen molar-refractivity contribution in [1.29, 1.82) is 0 Å². The molecule has 1 aromatic carbocycles. The van der Waals surface area contributed by atoms with Crippen molar-refractivity contribution in [1.82, 2.24) is 0 Å². The van der Waals surface area contributed by atoms with Crippen molar-refractivity contribution in [2.45, 2.75) is 43.9 Å². The minimum Gasteiger partial charge on any atom is -0.287 e. The van der Waals surface area contributed by atoms with E-state index in [2.05, 4.69) is 19.1 Å². The zero-order chi connectivity index (χ0) is 13.1. The maximum atomic E-state index is 11.7. The Hall–Kier alpha value is -0.930. The number of unbranched alkanes of at least 4 members (excludes halogenated alkanes) is 3. The fraction of sp³-hybridized carbons (Fsp3) is 0.467. The number of hydrogen-bond acceptors (Lipinski definition) is 2. The predicted octanol–water partition coefficient (Wildman–Crippen LogP) is 4.25. The van der Waals surface area contributed by atoms with Gasteiger partial charge in [-0.05, 0) is 31.4 Å². The topological polar surface area (TPSA) is 26.3 Å². The van der Waals surface area contributed by atoms with Crippen LogP contribution in [0.2, 0.25) is 0 Å². The van der Waals surface area contributed by atoms with E-state index in [4.69, 9.17) is 4.18 Å². The van der Waals surface area contributed by atoms with Gasteiger partial charge >= 0.3 is 0 Å². The zero-order valence-corrected chi connectivity index (χ0v) is 11.8. The average Bonchev–Trinajstić information content (AvgIpc) is 2.42. The van der Waals surface area contributed by atoms with E-state index < -0.39 is 11.1 Å². The molecular formula is C15H22O2S. The molecule has 0 amide bonds. The second-order valence-electron chi connectivity index (χ2n) is 4.13. The van der Waals surface area contributed by atoms with Gasteiger partial charge in [-0.3, -0.25) is 4.18 Å². The van der Waals surface area contributed by atoms with Crippen LogP contribution >= 0.6 is 0 Å². The van der Waals surface area contributed by atoms with Gasteiger partial charge in [0.2, 0.25) is 0 Å². The van der Waals surface area contributed by atoms with Gasteiger partial charge in [0.15, 0.2) is 11.1 Å². The molecule has 0 N–H and O–H groups in total. The van der Waals surface area contributed by atoms with Crippen LogP contribution in [0.15, 0.2) is 47.4 Å². The third kappa shape index (κ3) is 6.72. The highest BCUT2D eigenvalue weighted by atomic mass is 32.2. The van der Waals surface area contributed by atoms with Gasteiger partial charge < -0.3 is 0 Å². The molecule has 1 aromatic rings. The van der Waals surface area contributed by atoms with E-state index in [1.807, 2.05) is 30.3 Å². The van der Waals surface area contributed by atoms with Gasteiger partial charge in [-0.15, -0.1) is 0 Å². The third-order valence-corrected chi connectivity index (χ3v) is 3.57. The van der Waals surface area contributed by atoms with Crippen LogP contribution in [-0.2, 0) is 15.3 Å². The molecule has 18 heavy (non-hydrogen) atoms. The van der Waals surface area contributed by atoms with Crippen LogP contribution in [0.5, 0.6) is 0 Å². The Balaban J connectivity index is 2.08. The highest BCUT2D eigenvalue weighted by Gasteiger charge is 2.02. The van der Waals surface area contributed by atoms with E-state index in [1.54, 1.807) is 0 Å². The van der Waals surface area contributed by atoms with E-state index in [9.17, 15) is 4.21 Å². The number of benzene rings is 1. The molecule has 2 nitrogen and oxygen atoms in total. The summed E-state index contributed by atoms with van der Waals surface area (Å²) in [6, 6.07) is 9.28. The van der Waals surface area contributed by atoms with Gasteiger partial charge in [-0.2, -0.15) is 0 Å². The summed E-state index contributed by atoms with van der Waals surface area (Å²) in [6.07, 6.45) is 9.97. The lowest BCUT2D eigenvalue weighted by Gasteiger charge is -2.02. The van der Waals surface area contributed by atoms with Crippen molar-refractivity contribution in [3.05, 3.63) is 42.5 Å². The minimum atomic E-state index is -1.32. The lowest BCUT2D eigenvalue weighted by atomic mass is 10.2. The molecule has 0 radical (unpaired) electrons. The summed E-state index contributed by atoms with van der Waals surface area (Å²) in [5.74, 6) is 0. The summed E-state index contributed by atoms with van der Waals surface area (Å²) in [5.41, 5.74) is 0. The molecule has 0 aliphatic rings. The molecular weight excluding hydrogens is 244 g/mol. The highest BCUT2D eigenvalue weighted by molar-refractivity contribution is 7.80. The summed E-state index contributed by atoms with van der Waals surface area (Å²) in [7, 11) is 0. The van der Waals surface area contributed by atoms with Crippen LogP contribution < -0.4 is 0 Å². The van der Waals surface area contributed by atoms with Crippen LogP contribution in [-0.4, -0.2) is 10.8 Å². The first-order chi connectivity index (χ1) is 8.84. The molecule has 0 aliphatic carbocycles. The monoisotopic (exact) mass is 266 g/mol. The largest absolute Gasteiger partial charge is 0.287 e. The Bertz CT molecular complexity index is 360. The number of allylic oxidation sites excluding steroid dienone is 2. The van der Waals surface area contributed by atoms with Crippen molar-refractivity contribution in [3.8, 4) is 0 Å². The van der Waals surface area contributed by atoms with Crippen LogP contribution in [0.1, 0.15) is 39.0 Å². The van der Waals surface area contributed by atoms with Gasteiger partial charge in [0, 0.05) is 0 Å². The molecule has 0 spiro atoms. The third-order valence-electron chi connectivity index (χ3n) is 2.53. The molecule has 0 bridgehead atoms. The van der Waals surface area contributed by atoms with E-state index in [0.29, 0.717) is 6.61 Å². The number of hydrogen-bond donors (Lipinski definition) is 0. The smallest absolute Gasteiger partial charge is 0.189 e. The fourth-order valence-electron chi connectivity index (χ4n) is 1.49. The Morgan fingerprint density at radius 2 is 1.78 bits per heavy atom. The lowest BCUT2D eigenvalue weighted by molar-refractivity contribution is 0.341. The molecule has 0 saturated heterocycles. The number of rotatable bonds is 9. The van der Waals surface area contributed by atoms with E-state index in [0.717, 1.165) is 24.2 Å². The molecule has 0 heterocycles. The summed E-state index contributed by atoms with van der Waals surface area (Å²) in [6.45, 7) is 2.74. The highest BCUT2D eigenvalue weighted by Crippen LogP contribution is 2.07. The Morgan fingerprint density at radius 3 is 2.44 bits per heavy atom. The first-order valence-corrected chi connectivity index (χ1v) is 7.67. The molecule has 0 fully saturated rings. The summed E-state index contributed by atoms with van der Waals surface area (Å²) < 4.78 is 17.0. The average molecular weight is 266 g/mol. The standard InChI is InChI=1S/C15H22O2S/c1-2-3-4-5-6-7-11-14-17-18(16)15-12-9-8-10-13-15/h5-6,8-10,12-13H,2-4,7,11,14H2,1H3/b6-5-. The summed E-state index contributed by atoms with van der Waals surface area (Å²) >= 11 is -1.32. The van der Waals surface area contributed by atoms with Gasteiger partial charge in [0.05, 0.1) is 11.5 Å². The normalized spacial score (nSPS) is 12.9. The lowest BCUT2D eigenvalue weighted by Crippen LogP contribution is -1.99. The molecule has 1 unspecified atom stereocenters. The van der Waals surface area contributed by atoms with Gasteiger partial charge in [0.1, 0.15) is 0 Å². The van der Waals surface area contributed by atoms with Crippen molar-refractivity contribution >= 4 is 11.1 Å². The second kappa shape index (κ2) is 10.0. The summed E-state index contributed by atoms with van der Waals surface area (Å²) in [5, 5.41) is 0. The van der Waals surface area contributed by atoms with Crippen molar-refractivity contribution in [2.75, 3.05) is 6.61 Å². The Kier molecular flexibility index (Phi) is 8.43. The molecule has 0 saturated carbocycles. The minimum absolute atomic E-state index is 0.541. The van der Waals surface area contributed by atoms with Crippen LogP contribution in [0, 0.1) is 0 Å². The quantitative estimate of drug-likeness (QED) is 0.493. The zero-order valence-electron chi connectivity index (χ0n) is 11.0. The van der Waals surface area contributed by atoms with E-state index in [-0.39, 0.29) is 0 Å². The second-order valence-corrected chi connectivity index (χ2v) is 5.30. The van der Waals surface area contributed by atoms with Crippen molar-refractivity contribution < 1.29 is 8.39 Å². The van der Waals surface area contributed by atoms with Gasteiger partial charge in [0.25, 0.3) is 0 Å². The molecule has 1 rings (SSSR count). The van der Waals surface area contributed by atoms with Crippen LogP contribution in [0.4, 0.5) is 0 Å².